The van der Waals surface area contributed by atoms with Crippen molar-refractivity contribution in [1.29, 1.82) is 0 Å². The largest absolute Gasteiger partial charge is 0.316 e. The summed E-state index contributed by atoms with van der Waals surface area (Å²) in [5, 5.41) is 3.43. The van der Waals surface area contributed by atoms with Crippen LogP contribution in [0.3, 0.4) is 0 Å². The van der Waals surface area contributed by atoms with Gasteiger partial charge in [0.15, 0.2) is 0 Å². The minimum atomic E-state index is -0.498. The highest BCUT2D eigenvalue weighted by atomic mass is 19.1. The Bertz CT molecular complexity index is 690. The molecule has 21 heavy (non-hydrogen) atoms. The van der Waals surface area contributed by atoms with Crippen molar-refractivity contribution in [2.45, 2.75) is 18.8 Å². The Balaban J connectivity index is 1.86. The van der Waals surface area contributed by atoms with Crippen LogP contribution in [0.1, 0.15) is 29.9 Å². The van der Waals surface area contributed by atoms with E-state index in [-0.39, 0.29) is 5.56 Å². The van der Waals surface area contributed by atoms with Gasteiger partial charge >= 0.3 is 0 Å². The predicted molar refractivity (Wildman–Crippen MR) is 79.3 cm³/mol. The van der Waals surface area contributed by atoms with Gasteiger partial charge in [0.05, 0.1) is 5.56 Å². The molecule has 0 amide bonds. The molecule has 3 atom stereocenters. The molecule has 0 spiro atoms. The second-order valence-corrected chi connectivity index (χ2v) is 6.16. The molecule has 0 saturated carbocycles. The van der Waals surface area contributed by atoms with Gasteiger partial charge in [0, 0.05) is 12.5 Å². The highest BCUT2D eigenvalue weighted by Crippen LogP contribution is 2.49. The van der Waals surface area contributed by atoms with Crippen LogP contribution in [0.4, 0.5) is 8.78 Å². The standard InChI is InChI=1S/C18H17F2N/c1-10-12-6-5-11(18-16(19)3-2-4-17(18)20)7-13(12)15-9-21-8-14(10)15/h2-7,10,14-15,21H,8-9H2,1H3. The first kappa shape index (κ1) is 13.0. The van der Waals surface area contributed by atoms with Crippen LogP contribution in [0.15, 0.2) is 36.4 Å². The van der Waals surface area contributed by atoms with Gasteiger partial charge in [-0.25, -0.2) is 8.78 Å². The van der Waals surface area contributed by atoms with Crippen molar-refractivity contribution in [2.75, 3.05) is 13.1 Å². The molecule has 0 radical (unpaired) electrons. The van der Waals surface area contributed by atoms with Crippen LogP contribution in [-0.2, 0) is 0 Å². The van der Waals surface area contributed by atoms with E-state index in [1.54, 1.807) is 0 Å². The molecule has 2 aromatic carbocycles. The zero-order chi connectivity index (χ0) is 14.6. The fraction of sp³-hybridized carbons (Fsp3) is 0.333. The van der Waals surface area contributed by atoms with E-state index in [2.05, 4.69) is 18.3 Å². The maximum Gasteiger partial charge on any atom is 0.133 e. The van der Waals surface area contributed by atoms with Gasteiger partial charge in [-0.05, 0) is 47.2 Å². The summed E-state index contributed by atoms with van der Waals surface area (Å²) in [6.45, 7) is 4.25. The maximum absolute atomic E-state index is 14.0. The van der Waals surface area contributed by atoms with Gasteiger partial charge in [-0.2, -0.15) is 0 Å². The first-order chi connectivity index (χ1) is 10.2. The van der Waals surface area contributed by atoms with Crippen LogP contribution in [0.5, 0.6) is 0 Å². The van der Waals surface area contributed by atoms with Crippen LogP contribution in [0, 0.1) is 17.6 Å². The van der Waals surface area contributed by atoms with Crippen molar-refractivity contribution in [3.63, 3.8) is 0 Å². The van der Waals surface area contributed by atoms with E-state index in [1.807, 2.05) is 12.1 Å². The van der Waals surface area contributed by atoms with Crippen LogP contribution < -0.4 is 5.32 Å². The molecule has 1 nitrogen and oxygen atoms in total. The van der Waals surface area contributed by atoms with Gasteiger partial charge in [0.2, 0.25) is 0 Å². The fourth-order valence-electron chi connectivity index (χ4n) is 4.04. The van der Waals surface area contributed by atoms with E-state index in [0.717, 1.165) is 13.1 Å². The van der Waals surface area contributed by atoms with Gasteiger partial charge in [0.1, 0.15) is 11.6 Å². The zero-order valence-corrected chi connectivity index (χ0v) is 11.9. The Labute approximate surface area is 123 Å². The number of benzene rings is 2. The molecular formula is C18H17F2N. The zero-order valence-electron chi connectivity index (χ0n) is 11.9. The monoisotopic (exact) mass is 285 g/mol. The summed E-state index contributed by atoms with van der Waals surface area (Å²) in [7, 11) is 0. The highest BCUT2D eigenvalue weighted by Gasteiger charge is 2.41. The summed E-state index contributed by atoms with van der Waals surface area (Å²) in [5.41, 5.74) is 3.33. The van der Waals surface area contributed by atoms with Gasteiger partial charge in [-0.1, -0.05) is 31.2 Å². The molecule has 1 saturated heterocycles. The smallest absolute Gasteiger partial charge is 0.133 e. The molecule has 2 aromatic rings. The number of rotatable bonds is 1. The van der Waals surface area contributed by atoms with E-state index in [1.165, 1.54) is 29.3 Å². The molecule has 1 fully saturated rings. The Morgan fingerprint density at radius 1 is 1.00 bits per heavy atom. The van der Waals surface area contributed by atoms with E-state index >= 15 is 0 Å². The molecule has 1 aliphatic carbocycles. The summed E-state index contributed by atoms with van der Waals surface area (Å²) in [5.74, 6) is 0.606. The van der Waals surface area contributed by atoms with Crippen molar-refractivity contribution in [3.8, 4) is 11.1 Å². The van der Waals surface area contributed by atoms with Crippen molar-refractivity contribution in [2.24, 2.45) is 5.92 Å². The lowest BCUT2D eigenvalue weighted by Crippen LogP contribution is -2.12. The Morgan fingerprint density at radius 3 is 2.52 bits per heavy atom. The first-order valence-electron chi connectivity index (χ1n) is 7.45. The Hall–Kier alpha value is -1.74. The summed E-state index contributed by atoms with van der Waals surface area (Å²) in [6.07, 6.45) is 0. The van der Waals surface area contributed by atoms with Crippen molar-refractivity contribution < 1.29 is 8.78 Å². The predicted octanol–water partition coefficient (Wildman–Crippen LogP) is 4.05. The van der Waals surface area contributed by atoms with E-state index in [4.69, 9.17) is 0 Å². The molecule has 3 unspecified atom stereocenters. The lowest BCUT2D eigenvalue weighted by atomic mass is 9.91. The Kier molecular flexibility index (Phi) is 2.86. The van der Waals surface area contributed by atoms with Gasteiger partial charge in [0.25, 0.3) is 0 Å². The topological polar surface area (TPSA) is 12.0 Å². The summed E-state index contributed by atoms with van der Waals surface area (Å²) >= 11 is 0. The molecule has 1 heterocycles. The second-order valence-electron chi connectivity index (χ2n) is 6.16. The Morgan fingerprint density at radius 2 is 1.76 bits per heavy atom. The average molecular weight is 285 g/mol. The summed E-state index contributed by atoms with van der Waals surface area (Å²) in [4.78, 5) is 0. The van der Waals surface area contributed by atoms with E-state index < -0.39 is 11.6 Å². The van der Waals surface area contributed by atoms with Crippen LogP contribution in [-0.4, -0.2) is 13.1 Å². The molecule has 0 bridgehead atoms. The van der Waals surface area contributed by atoms with Gasteiger partial charge in [-0.3, -0.25) is 0 Å². The van der Waals surface area contributed by atoms with Crippen LogP contribution >= 0.6 is 0 Å². The molecule has 4 rings (SSSR count). The molecule has 108 valence electrons. The minimum absolute atomic E-state index is 0.0855. The highest BCUT2D eigenvalue weighted by molar-refractivity contribution is 5.67. The molecule has 0 aromatic heterocycles. The van der Waals surface area contributed by atoms with Crippen molar-refractivity contribution in [1.82, 2.24) is 5.32 Å². The molecular weight excluding hydrogens is 268 g/mol. The third-order valence-electron chi connectivity index (χ3n) is 5.13. The van der Waals surface area contributed by atoms with E-state index in [9.17, 15) is 8.78 Å². The van der Waals surface area contributed by atoms with Crippen LogP contribution in [0.25, 0.3) is 11.1 Å². The van der Waals surface area contributed by atoms with Gasteiger partial charge in [-0.15, -0.1) is 0 Å². The van der Waals surface area contributed by atoms with E-state index in [0.29, 0.717) is 23.3 Å². The quantitative estimate of drug-likeness (QED) is 0.833. The second kappa shape index (κ2) is 4.63. The number of nitrogens with one attached hydrogen (secondary N) is 1. The van der Waals surface area contributed by atoms with Crippen LogP contribution in [0.2, 0.25) is 0 Å². The van der Waals surface area contributed by atoms with Gasteiger partial charge < -0.3 is 5.32 Å². The lowest BCUT2D eigenvalue weighted by Gasteiger charge is -2.12. The number of fused-ring (bicyclic) bond motifs is 3. The number of hydrogen-bond acceptors (Lipinski definition) is 1. The number of hydrogen-bond donors (Lipinski definition) is 1. The number of halogens is 2. The average Bonchev–Trinajstić information content (AvgIpc) is 3.03. The molecule has 3 heteroatoms. The lowest BCUT2D eigenvalue weighted by molar-refractivity contribution is 0.487. The minimum Gasteiger partial charge on any atom is -0.316 e. The van der Waals surface area contributed by atoms with Crippen molar-refractivity contribution in [3.05, 3.63) is 59.2 Å². The molecule has 1 N–H and O–H groups in total. The normalized spacial score (nSPS) is 26.7. The summed E-state index contributed by atoms with van der Waals surface area (Å²) in [6, 6.07) is 9.93. The molecule has 2 aliphatic rings. The third-order valence-corrected chi connectivity index (χ3v) is 5.13. The third kappa shape index (κ3) is 1.84. The summed E-state index contributed by atoms with van der Waals surface area (Å²) < 4.78 is 28.0. The van der Waals surface area contributed by atoms with Crippen molar-refractivity contribution >= 4 is 0 Å². The molecule has 1 aliphatic heterocycles. The maximum atomic E-state index is 14.0. The first-order valence-corrected chi connectivity index (χ1v) is 7.45. The SMILES string of the molecule is CC1c2ccc(-c3c(F)cccc3F)cc2C2CNCC12. The fourth-order valence-corrected chi connectivity index (χ4v) is 4.04.